The minimum absolute atomic E-state index is 0.220. The molecule has 0 fully saturated rings. The highest BCUT2D eigenvalue weighted by atomic mass is 16.4. The molecule has 4 nitrogen and oxygen atoms in total. The van der Waals surface area contributed by atoms with Crippen LogP contribution in [-0.4, -0.2) is 11.9 Å². The number of hydrogen-bond donors (Lipinski definition) is 0. The Morgan fingerprint density at radius 1 is 1.00 bits per heavy atom. The van der Waals surface area contributed by atoms with Crippen molar-refractivity contribution in [2.45, 2.75) is 64.7 Å². The van der Waals surface area contributed by atoms with Crippen molar-refractivity contribution in [1.29, 1.82) is 0 Å². The molecule has 1 aromatic carbocycles. The van der Waals surface area contributed by atoms with E-state index >= 15 is 0 Å². The van der Waals surface area contributed by atoms with E-state index in [1.807, 2.05) is 13.8 Å². The van der Waals surface area contributed by atoms with Gasteiger partial charge in [-0.3, -0.25) is 0 Å². The van der Waals surface area contributed by atoms with Crippen LogP contribution in [0.5, 0.6) is 0 Å². The van der Waals surface area contributed by atoms with Crippen LogP contribution < -0.4 is 10.2 Å². The van der Waals surface area contributed by atoms with Crippen molar-refractivity contribution in [2.75, 3.05) is 0 Å². The molecule has 0 heterocycles. The van der Waals surface area contributed by atoms with Crippen molar-refractivity contribution in [2.24, 2.45) is 0 Å². The fraction of sp³-hybridized carbons (Fsp3) is 0.556. The Balaban J connectivity index is 3.44. The van der Waals surface area contributed by atoms with Crippen molar-refractivity contribution >= 4 is 11.9 Å². The van der Waals surface area contributed by atoms with E-state index in [1.165, 1.54) is 6.07 Å². The van der Waals surface area contributed by atoms with E-state index in [4.69, 9.17) is 0 Å². The Morgan fingerprint density at radius 3 is 2.09 bits per heavy atom. The molecule has 4 heteroatoms. The molecule has 0 saturated carbocycles. The van der Waals surface area contributed by atoms with Gasteiger partial charge in [0.2, 0.25) is 0 Å². The normalized spacial score (nSPS) is 11.4. The maximum absolute atomic E-state index is 11.6. The third-order valence-corrected chi connectivity index (χ3v) is 4.67. The van der Waals surface area contributed by atoms with Gasteiger partial charge in [0.1, 0.15) is 0 Å². The first kappa shape index (κ1) is 18.2. The zero-order valence-electron chi connectivity index (χ0n) is 13.6. The number of carboxylic acid groups (broad SMARTS) is 2. The molecule has 0 aliphatic heterocycles. The predicted octanol–water partition coefficient (Wildman–Crippen LogP) is 2.05. The van der Waals surface area contributed by atoms with Crippen LogP contribution in [0.3, 0.4) is 0 Å². The zero-order valence-corrected chi connectivity index (χ0v) is 13.6. The molecule has 0 aliphatic rings. The highest BCUT2D eigenvalue weighted by Gasteiger charge is 2.31. The lowest BCUT2D eigenvalue weighted by atomic mass is 9.70. The molecule has 0 saturated heterocycles. The molecule has 0 aromatic heterocycles. The van der Waals surface area contributed by atoms with E-state index in [1.54, 1.807) is 12.1 Å². The highest BCUT2D eigenvalue weighted by molar-refractivity contribution is 6.01. The molecule has 0 N–H and O–H groups in total. The minimum Gasteiger partial charge on any atom is -0.545 e. The number of carbonyl (C=O) groups is 2. The second-order valence-electron chi connectivity index (χ2n) is 5.75. The molecule has 1 rings (SSSR count). The van der Waals surface area contributed by atoms with E-state index in [0.717, 1.165) is 38.5 Å². The Bertz CT molecular complexity index is 530. The number of carboxylic acids is 2. The molecule has 22 heavy (non-hydrogen) atoms. The van der Waals surface area contributed by atoms with E-state index in [-0.39, 0.29) is 16.5 Å². The third kappa shape index (κ3) is 3.67. The summed E-state index contributed by atoms with van der Waals surface area (Å²) >= 11 is 0. The maximum Gasteiger partial charge on any atom is 0.0724 e. The molecular formula is C18H24O4-2. The summed E-state index contributed by atoms with van der Waals surface area (Å²) in [6, 6.07) is 4.58. The summed E-state index contributed by atoms with van der Waals surface area (Å²) in [6.07, 6.45) is 5.48. The van der Waals surface area contributed by atoms with Crippen molar-refractivity contribution in [3.8, 4) is 0 Å². The first-order valence-corrected chi connectivity index (χ1v) is 7.99. The quantitative estimate of drug-likeness (QED) is 0.654. The molecular weight excluding hydrogens is 280 g/mol. The average Bonchev–Trinajstić information content (AvgIpc) is 2.51. The van der Waals surface area contributed by atoms with Gasteiger partial charge in [-0.05, 0) is 30.2 Å². The van der Waals surface area contributed by atoms with Crippen LogP contribution in [0.15, 0.2) is 18.2 Å². The lowest BCUT2D eigenvalue weighted by Crippen LogP contribution is -2.35. The number of benzene rings is 1. The second kappa shape index (κ2) is 7.97. The number of hydrogen-bond acceptors (Lipinski definition) is 4. The molecule has 0 spiro atoms. The summed E-state index contributed by atoms with van der Waals surface area (Å²) in [6.45, 7) is 6.14. The fourth-order valence-corrected chi connectivity index (χ4v) is 3.22. The van der Waals surface area contributed by atoms with Gasteiger partial charge in [0.15, 0.2) is 0 Å². The summed E-state index contributed by atoms with van der Waals surface area (Å²) in [7, 11) is 0. The predicted molar refractivity (Wildman–Crippen MR) is 81.5 cm³/mol. The summed E-state index contributed by atoms with van der Waals surface area (Å²) in [5, 5.41) is 22.8. The molecule has 0 aliphatic carbocycles. The van der Waals surface area contributed by atoms with Crippen molar-refractivity contribution in [1.82, 2.24) is 0 Å². The molecule has 0 radical (unpaired) electrons. The van der Waals surface area contributed by atoms with Gasteiger partial charge in [-0.15, -0.1) is 0 Å². The summed E-state index contributed by atoms with van der Waals surface area (Å²) < 4.78 is 0. The van der Waals surface area contributed by atoms with Crippen molar-refractivity contribution in [3.05, 3.63) is 34.9 Å². The minimum atomic E-state index is -1.48. The second-order valence-corrected chi connectivity index (χ2v) is 5.75. The largest absolute Gasteiger partial charge is 0.545 e. The van der Waals surface area contributed by atoms with E-state index in [0.29, 0.717) is 5.56 Å². The smallest absolute Gasteiger partial charge is 0.0724 e. The van der Waals surface area contributed by atoms with Crippen LogP contribution in [0, 0.1) is 0 Å². The Morgan fingerprint density at radius 2 is 1.64 bits per heavy atom. The third-order valence-electron chi connectivity index (χ3n) is 4.67. The molecule has 0 atom stereocenters. The molecule has 0 bridgehead atoms. The van der Waals surface area contributed by atoms with Gasteiger partial charge in [0.25, 0.3) is 0 Å². The van der Waals surface area contributed by atoms with Gasteiger partial charge in [0.05, 0.1) is 11.9 Å². The van der Waals surface area contributed by atoms with E-state index < -0.39 is 11.9 Å². The van der Waals surface area contributed by atoms with Crippen LogP contribution in [0.4, 0.5) is 0 Å². The lowest BCUT2D eigenvalue weighted by Gasteiger charge is -2.35. The number of unbranched alkanes of at least 4 members (excludes halogenated alkanes) is 2. The van der Waals surface area contributed by atoms with Crippen LogP contribution in [0.2, 0.25) is 0 Å². The molecule has 122 valence electrons. The van der Waals surface area contributed by atoms with Gasteiger partial charge in [-0.25, -0.2) is 0 Å². The SMILES string of the molecule is CCCCCC(CC)(CC)c1cccc(C(=O)[O-])c1C(=O)[O-]. The van der Waals surface area contributed by atoms with Crippen LogP contribution in [0.25, 0.3) is 0 Å². The van der Waals surface area contributed by atoms with Crippen LogP contribution in [-0.2, 0) is 5.41 Å². The summed E-state index contributed by atoms with van der Waals surface area (Å²) in [5.74, 6) is -2.92. The molecule has 0 unspecified atom stereocenters. The topological polar surface area (TPSA) is 80.3 Å². The first-order valence-electron chi connectivity index (χ1n) is 7.99. The zero-order chi connectivity index (χ0) is 16.8. The fourth-order valence-electron chi connectivity index (χ4n) is 3.22. The van der Waals surface area contributed by atoms with Crippen molar-refractivity contribution < 1.29 is 19.8 Å². The standard InChI is InChI=1S/C18H26O4/c1-4-7-8-12-18(5-2,6-3)14-11-9-10-13(16(19)20)15(14)17(21)22/h9-11H,4-8,12H2,1-3H3,(H,19,20)(H,21,22)/p-2. The van der Waals surface area contributed by atoms with Gasteiger partial charge >= 0.3 is 0 Å². The Labute approximate surface area is 132 Å². The Kier molecular flexibility index (Phi) is 6.60. The van der Waals surface area contributed by atoms with Crippen LogP contribution in [0.1, 0.15) is 85.6 Å². The maximum atomic E-state index is 11.6. The number of carbonyl (C=O) groups excluding carboxylic acids is 2. The van der Waals surface area contributed by atoms with E-state index in [2.05, 4.69) is 6.92 Å². The van der Waals surface area contributed by atoms with Gasteiger partial charge < -0.3 is 19.8 Å². The number of aromatic carboxylic acids is 2. The number of rotatable bonds is 9. The van der Waals surface area contributed by atoms with Crippen molar-refractivity contribution in [3.63, 3.8) is 0 Å². The van der Waals surface area contributed by atoms with E-state index in [9.17, 15) is 19.8 Å². The van der Waals surface area contributed by atoms with Gasteiger partial charge in [-0.1, -0.05) is 58.2 Å². The van der Waals surface area contributed by atoms with Gasteiger partial charge in [0, 0.05) is 11.1 Å². The first-order chi connectivity index (χ1) is 10.4. The highest BCUT2D eigenvalue weighted by Crippen LogP contribution is 2.39. The summed E-state index contributed by atoms with van der Waals surface area (Å²) in [4.78, 5) is 22.8. The monoisotopic (exact) mass is 304 g/mol. The Hall–Kier alpha value is -1.84. The van der Waals surface area contributed by atoms with Gasteiger partial charge in [-0.2, -0.15) is 0 Å². The molecule has 0 amide bonds. The molecule has 1 aromatic rings. The average molecular weight is 304 g/mol. The summed E-state index contributed by atoms with van der Waals surface area (Å²) in [5.41, 5.74) is -0.284. The lowest BCUT2D eigenvalue weighted by molar-refractivity contribution is -0.259. The van der Waals surface area contributed by atoms with Crippen LogP contribution >= 0.6 is 0 Å².